The molecule has 0 aromatic heterocycles. The third-order valence-electron chi connectivity index (χ3n) is 40.7. The van der Waals surface area contributed by atoms with E-state index in [1.165, 1.54) is 353 Å². The molecule has 23 rings (SSSR count). The lowest BCUT2D eigenvalue weighted by Gasteiger charge is -2.53. The predicted octanol–water partition coefficient (Wildman–Crippen LogP) is 31.4. The van der Waals surface area contributed by atoms with Crippen LogP contribution >= 0.6 is 0 Å². The Balaban J connectivity index is 0.000000119. The quantitative estimate of drug-likeness (QED) is 0.133. The summed E-state index contributed by atoms with van der Waals surface area (Å²) in [6.45, 7) is 53.7. The summed E-state index contributed by atoms with van der Waals surface area (Å²) in [7, 11) is 0. The van der Waals surface area contributed by atoms with Crippen LogP contribution in [-0.2, 0) is 42.6 Å². The van der Waals surface area contributed by atoms with Crippen molar-refractivity contribution in [2.45, 2.75) is 547 Å². The lowest BCUT2D eigenvalue weighted by molar-refractivity contribution is -0.139. The second-order valence-corrected chi connectivity index (χ2v) is 50.4. The molecule has 0 amide bonds. The van der Waals surface area contributed by atoms with Crippen LogP contribution in [0.5, 0.6) is 0 Å². The highest BCUT2D eigenvalue weighted by atomic mass is 16.5. The topological polar surface area (TPSA) is 83.1 Å². The SMILES string of the molecule is CCOC1C(C)(C)CCC12CC2.CCOC1C(C)(C)CCC12CCCC2.CCOC1C(C)(C)CCC12CCCCC2.CCOC1C2(CC2)CCC12CC2.CCOC1C2(CCCC2)CCC12CCCC2.CCOC1C2(CCCCC2)CCC12CCCCC2.CCOC1C2CCC(CC2)C1(C)C.CCOC1C2CCC1(C)CC2(C)C.CCOC1C2CCC1C2. The molecule has 122 heavy (non-hydrogen) atoms. The molecule has 0 radical (unpaired) electrons. The second-order valence-electron chi connectivity index (χ2n) is 50.4. The van der Waals surface area contributed by atoms with E-state index >= 15 is 0 Å². The first-order valence-electron chi connectivity index (χ1n) is 54.9. The molecule has 0 heterocycles. The molecule has 6 bridgehead atoms. The Morgan fingerprint density at radius 3 is 0.697 bits per heavy atom. The van der Waals surface area contributed by atoms with Gasteiger partial charge in [-0.25, -0.2) is 0 Å². The highest BCUT2D eigenvalue weighted by Crippen LogP contribution is 2.73. The maximum absolute atomic E-state index is 6.39. The molecule has 9 unspecified atom stereocenters. The zero-order chi connectivity index (χ0) is 87.2. The Kier molecular flexibility index (Phi) is 33.5. The van der Waals surface area contributed by atoms with Gasteiger partial charge in [-0.15, -0.1) is 0 Å². The van der Waals surface area contributed by atoms with Crippen molar-refractivity contribution < 1.29 is 42.6 Å². The van der Waals surface area contributed by atoms with E-state index in [-0.39, 0.29) is 0 Å². The first-order valence-corrected chi connectivity index (χ1v) is 54.9. The largest absolute Gasteiger partial charge is 0.378 e. The molecule has 9 nitrogen and oxygen atoms in total. The molecule has 23 aliphatic rings. The third kappa shape index (κ3) is 20.9. The zero-order valence-electron chi connectivity index (χ0n) is 84.5. The van der Waals surface area contributed by atoms with Gasteiger partial charge in [0.1, 0.15) is 0 Å². The Morgan fingerprint density at radius 1 is 0.205 bits per heavy atom. The van der Waals surface area contributed by atoms with Crippen LogP contribution in [-0.4, -0.2) is 114 Å². The van der Waals surface area contributed by atoms with Gasteiger partial charge in [0.2, 0.25) is 0 Å². The summed E-state index contributed by atoms with van der Waals surface area (Å²) in [6.07, 6.45) is 84.3. The number of hydrogen-bond acceptors (Lipinski definition) is 9. The van der Waals surface area contributed by atoms with Crippen molar-refractivity contribution in [2.75, 3.05) is 59.5 Å². The standard InChI is InChI=1S/C17H30O.C15H26O.C14H26O.C13H24O.2C12H22O.C11H18O.C11H20O.C8H14O/c1-2-18-15-16(9-5-3-6-10-16)13-14-17(15)11-7-4-8-12-17;1-2-16-13-14(7-3-4-8-14)11-12-15(13)9-5-6-10-15;1-4-15-12-13(2,3)10-11-14(12)8-6-5-7-9-14;1-4-14-11-12(2,3)9-10-13(11)7-5-6-8-13;1-5-13-10-9-6-7-12(10,4)8-11(9,2)3;1-4-13-11-9-5-7-10(8-6-9)12(11,2)3;1-2-12-9-10(3-4-10)7-8-11(9)5-6-11;1-4-12-9-10(2,3)5-6-11(9)7-8-11;1-2-9-8-6-3-4-7(8)5-6/h15H,2-14H2,1H3;13H,2-12H2,1H3;12H,4-11H2,1-3H3;11H,4-10H2,1-3H3;9-10H,5-8H2,1-4H3;9-11H,4-8H2,1-3H3;9H,2-8H2,1H3;9H,4-8H2,1-3H3;6-8H,2-5H2,1H3. The lowest BCUT2D eigenvalue weighted by atomic mass is 9.56. The first kappa shape index (κ1) is 99.1. The molecular weight excluding hydrogens is 1500 g/mol. The predicted molar refractivity (Wildman–Crippen MR) is 509 cm³/mol. The summed E-state index contributed by atoms with van der Waals surface area (Å²) < 4.78 is 54.1. The molecule has 9 heteroatoms. The Labute approximate surface area is 755 Å². The van der Waals surface area contributed by atoms with E-state index in [2.05, 4.69) is 138 Å². The van der Waals surface area contributed by atoms with Gasteiger partial charge in [-0.1, -0.05) is 172 Å². The lowest BCUT2D eigenvalue weighted by Crippen LogP contribution is -2.51. The Bertz CT molecular complexity index is 2960. The number of fused-ring (bicyclic) bond motifs is 6. The number of rotatable bonds is 18. The summed E-state index contributed by atoms with van der Waals surface area (Å²) in [5.41, 5.74) is 8.24. The van der Waals surface area contributed by atoms with Gasteiger partial charge in [0.05, 0.1) is 54.9 Å². The average molecular weight is 1700 g/mol. The summed E-state index contributed by atoms with van der Waals surface area (Å²) in [5.74, 6) is 4.51. The maximum atomic E-state index is 6.39. The van der Waals surface area contributed by atoms with E-state index in [1.54, 1.807) is 0 Å². The molecule has 0 aliphatic heterocycles. The molecule has 9 spiro atoms. The number of hydrogen-bond donors (Lipinski definition) is 0. The van der Waals surface area contributed by atoms with Crippen molar-refractivity contribution in [3.8, 4) is 0 Å². The fourth-order valence-electron chi connectivity index (χ4n) is 34.3. The van der Waals surface area contributed by atoms with Crippen molar-refractivity contribution in [1.82, 2.24) is 0 Å². The molecule has 23 aliphatic carbocycles. The van der Waals surface area contributed by atoms with Crippen LogP contribution < -0.4 is 0 Å². The first-order chi connectivity index (χ1) is 58.3. The summed E-state index contributed by atoms with van der Waals surface area (Å²) in [5, 5.41) is 0. The molecule has 23 saturated carbocycles. The monoisotopic (exact) mass is 1700 g/mol. The molecule has 0 aromatic rings. The molecule has 9 atom stereocenters. The zero-order valence-corrected chi connectivity index (χ0v) is 84.5. The Hall–Kier alpha value is -0.360. The van der Waals surface area contributed by atoms with Crippen LogP contribution in [0.3, 0.4) is 0 Å². The van der Waals surface area contributed by atoms with Gasteiger partial charge in [0.15, 0.2) is 0 Å². The molecule has 0 saturated heterocycles. The van der Waals surface area contributed by atoms with Crippen LogP contribution in [0.1, 0.15) is 492 Å². The van der Waals surface area contributed by atoms with Crippen molar-refractivity contribution in [3.05, 3.63) is 0 Å². The van der Waals surface area contributed by atoms with Crippen molar-refractivity contribution in [2.24, 2.45) is 111 Å². The highest BCUT2D eigenvalue weighted by Gasteiger charge is 2.68. The molecular formula is C113H202O9. The van der Waals surface area contributed by atoms with Crippen molar-refractivity contribution >= 4 is 0 Å². The van der Waals surface area contributed by atoms with Gasteiger partial charge < -0.3 is 42.6 Å². The van der Waals surface area contributed by atoms with Crippen molar-refractivity contribution in [3.63, 3.8) is 0 Å². The van der Waals surface area contributed by atoms with E-state index in [4.69, 9.17) is 42.6 Å². The second kappa shape index (κ2) is 41.2. The van der Waals surface area contributed by atoms with E-state index in [9.17, 15) is 0 Å². The van der Waals surface area contributed by atoms with Crippen LogP contribution in [0.2, 0.25) is 0 Å². The minimum Gasteiger partial charge on any atom is -0.378 e. The third-order valence-corrected chi connectivity index (χ3v) is 40.7. The molecule has 23 fully saturated rings. The number of ether oxygens (including phenoxy) is 9. The van der Waals surface area contributed by atoms with Gasteiger partial charge in [0, 0.05) is 59.5 Å². The van der Waals surface area contributed by atoms with E-state index in [0.29, 0.717) is 136 Å². The Morgan fingerprint density at radius 2 is 0.443 bits per heavy atom. The minimum absolute atomic E-state index is 0.410. The van der Waals surface area contributed by atoms with Crippen LogP contribution in [0.4, 0.5) is 0 Å². The normalized spacial score (nSPS) is 36.7. The fourth-order valence-corrected chi connectivity index (χ4v) is 34.3. The van der Waals surface area contributed by atoms with E-state index in [1.807, 2.05) is 0 Å². The van der Waals surface area contributed by atoms with Gasteiger partial charge in [-0.05, 0) is 430 Å². The summed E-state index contributed by atoms with van der Waals surface area (Å²) in [6, 6.07) is 0. The van der Waals surface area contributed by atoms with Crippen LogP contribution in [0.25, 0.3) is 0 Å². The highest BCUT2D eigenvalue weighted by molar-refractivity contribution is 5.19. The van der Waals surface area contributed by atoms with Crippen molar-refractivity contribution in [1.29, 1.82) is 0 Å². The van der Waals surface area contributed by atoms with Gasteiger partial charge in [-0.3, -0.25) is 0 Å². The maximum Gasteiger partial charge on any atom is 0.0687 e. The van der Waals surface area contributed by atoms with Gasteiger partial charge in [-0.2, -0.15) is 0 Å². The van der Waals surface area contributed by atoms with Crippen LogP contribution in [0.15, 0.2) is 0 Å². The minimum atomic E-state index is 0.410. The molecule has 708 valence electrons. The molecule has 0 N–H and O–H groups in total. The van der Waals surface area contributed by atoms with Gasteiger partial charge >= 0.3 is 0 Å². The summed E-state index contributed by atoms with van der Waals surface area (Å²) >= 11 is 0. The average Bonchev–Trinajstić information content (AvgIpc) is 1.53. The summed E-state index contributed by atoms with van der Waals surface area (Å²) in [4.78, 5) is 0. The molecule has 0 aromatic carbocycles. The van der Waals surface area contributed by atoms with Gasteiger partial charge in [0.25, 0.3) is 0 Å². The smallest absolute Gasteiger partial charge is 0.0687 e. The van der Waals surface area contributed by atoms with E-state index in [0.717, 1.165) is 89.1 Å². The van der Waals surface area contributed by atoms with Crippen LogP contribution in [0, 0.1) is 111 Å². The fraction of sp³-hybridized carbons (Fsp3) is 1.00. The van der Waals surface area contributed by atoms with E-state index < -0.39 is 0 Å².